The van der Waals surface area contributed by atoms with Crippen molar-refractivity contribution in [2.75, 3.05) is 13.1 Å². The van der Waals surface area contributed by atoms with Gasteiger partial charge in [-0.3, -0.25) is 9.69 Å². The normalized spacial score (nSPS) is 28.9. The van der Waals surface area contributed by atoms with E-state index in [1.165, 1.54) is 39.2 Å². The molecule has 0 aromatic carbocycles. The summed E-state index contributed by atoms with van der Waals surface area (Å²) in [7, 11) is 0. The lowest BCUT2D eigenvalue weighted by molar-refractivity contribution is 0.0218. The molecular formula is C18H22N2OS3. The fraction of sp³-hybridized carbons (Fsp3) is 0.500. The third kappa shape index (κ3) is 3.29. The lowest BCUT2D eigenvalue weighted by Crippen LogP contribution is -2.62. The Hall–Kier alpha value is -0.820. The van der Waals surface area contributed by atoms with Gasteiger partial charge in [-0.05, 0) is 70.0 Å². The van der Waals surface area contributed by atoms with E-state index in [4.69, 9.17) is 0 Å². The van der Waals surface area contributed by atoms with Crippen LogP contribution in [0.4, 0.5) is 0 Å². The van der Waals surface area contributed by atoms with E-state index in [9.17, 15) is 4.79 Å². The molecule has 0 spiro atoms. The van der Waals surface area contributed by atoms with Crippen molar-refractivity contribution in [2.45, 2.75) is 47.2 Å². The fourth-order valence-electron chi connectivity index (χ4n) is 3.83. The second kappa shape index (κ2) is 6.83. The third-order valence-corrected chi connectivity index (χ3v) is 8.55. The van der Waals surface area contributed by atoms with Crippen LogP contribution in [-0.4, -0.2) is 36.0 Å². The Morgan fingerprint density at radius 2 is 1.88 bits per heavy atom. The molecule has 2 aromatic rings. The summed E-state index contributed by atoms with van der Waals surface area (Å²) in [5, 5.41) is 3.32. The maximum Gasteiger partial charge on any atom is 0.261 e. The van der Waals surface area contributed by atoms with Crippen molar-refractivity contribution in [3.05, 3.63) is 34.0 Å². The minimum absolute atomic E-state index is 0.0970. The van der Waals surface area contributed by atoms with Crippen LogP contribution in [0.2, 0.25) is 0 Å². The second-order valence-electron chi connectivity index (χ2n) is 6.70. The van der Waals surface area contributed by atoms with Crippen molar-refractivity contribution >= 4 is 40.3 Å². The molecule has 0 saturated carbocycles. The molecule has 6 heteroatoms. The van der Waals surface area contributed by atoms with Gasteiger partial charge >= 0.3 is 0 Å². The minimum atomic E-state index is 0.0970. The topological polar surface area (TPSA) is 32.3 Å². The summed E-state index contributed by atoms with van der Waals surface area (Å²) >= 11 is 5.15. The Balaban J connectivity index is 1.41. The van der Waals surface area contributed by atoms with E-state index in [2.05, 4.69) is 42.3 Å². The maximum absolute atomic E-state index is 12.7. The van der Waals surface area contributed by atoms with Gasteiger partial charge in [0.15, 0.2) is 0 Å². The highest BCUT2D eigenvalue weighted by Crippen LogP contribution is 2.37. The van der Waals surface area contributed by atoms with Gasteiger partial charge in [0.05, 0.1) is 13.3 Å². The number of hydrogen-bond donors (Lipinski definition) is 1. The number of nitrogens with zero attached hydrogens (tertiary/aromatic N) is 1. The summed E-state index contributed by atoms with van der Waals surface area (Å²) in [4.78, 5) is 17.3. The van der Waals surface area contributed by atoms with Crippen LogP contribution in [-0.2, 0) is 0 Å². The van der Waals surface area contributed by atoms with Crippen molar-refractivity contribution < 1.29 is 4.79 Å². The van der Waals surface area contributed by atoms with E-state index >= 15 is 0 Å². The quantitative estimate of drug-likeness (QED) is 0.851. The summed E-state index contributed by atoms with van der Waals surface area (Å²) in [6.07, 6.45) is 2.44. The van der Waals surface area contributed by atoms with Crippen molar-refractivity contribution in [3.8, 4) is 0 Å². The Kier molecular flexibility index (Phi) is 4.73. The summed E-state index contributed by atoms with van der Waals surface area (Å²) in [5.41, 5.74) is 0. The van der Waals surface area contributed by atoms with Gasteiger partial charge in [-0.2, -0.15) is 0 Å². The Morgan fingerprint density at radius 1 is 1.17 bits per heavy atom. The third-order valence-electron chi connectivity index (χ3n) is 5.20. The number of piperidine rings is 3. The molecule has 24 heavy (non-hydrogen) atoms. The molecule has 0 aliphatic carbocycles. The van der Waals surface area contributed by atoms with Gasteiger partial charge in [0, 0.05) is 17.0 Å². The highest BCUT2D eigenvalue weighted by molar-refractivity contribution is 8.02. The fourth-order valence-corrected chi connectivity index (χ4v) is 7.23. The second-order valence-corrected chi connectivity index (χ2v) is 10.7. The van der Waals surface area contributed by atoms with Crippen molar-refractivity contribution in [3.63, 3.8) is 0 Å². The van der Waals surface area contributed by atoms with Gasteiger partial charge in [-0.25, -0.2) is 0 Å². The zero-order valence-corrected chi connectivity index (χ0v) is 16.4. The summed E-state index contributed by atoms with van der Waals surface area (Å²) in [6.45, 7) is 6.76. The maximum atomic E-state index is 12.7. The van der Waals surface area contributed by atoms with Gasteiger partial charge in [-0.1, -0.05) is 11.8 Å². The van der Waals surface area contributed by atoms with Crippen LogP contribution in [0.5, 0.6) is 0 Å². The van der Waals surface area contributed by atoms with Crippen molar-refractivity contribution in [1.82, 2.24) is 10.2 Å². The van der Waals surface area contributed by atoms with E-state index in [0.717, 1.165) is 4.88 Å². The summed E-state index contributed by atoms with van der Waals surface area (Å²) < 4.78 is 2.47. The first-order valence-corrected chi connectivity index (χ1v) is 10.9. The summed E-state index contributed by atoms with van der Waals surface area (Å²) in [5.74, 6) is 0.747. The number of carbonyl (C=O) groups is 1. The predicted octanol–water partition coefficient (Wildman–Crippen LogP) is 4.48. The van der Waals surface area contributed by atoms with Gasteiger partial charge < -0.3 is 5.32 Å². The van der Waals surface area contributed by atoms with Crippen LogP contribution in [0.3, 0.4) is 0 Å². The zero-order valence-electron chi connectivity index (χ0n) is 14.0. The SMILES string of the molecule is Cc1ccc(Sc2ccc(C(=O)N[C@@H]3C4CCN(CC4)[C@@H]3C)s2)s1. The number of thiophene rings is 2. The molecule has 3 aliphatic heterocycles. The van der Waals surface area contributed by atoms with Gasteiger partial charge in [0.1, 0.15) is 0 Å². The highest BCUT2D eigenvalue weighted by Gasteiger charge is 2.40. The Bertz CT molecular complexity index is 728. The van der Waals surface area contributed by atoms with Crippen molar-refractivity contribution in [2.24, 2.45) is 5.92 Å². The van der Waals surface area contributed by atoms with Crippen LogP contribution in [0.25, 0.3) is 0 Å². The van der Waals surface area contributed by atoms with Crippen LogP contribution < -0.4 is 5.32 Å². The van der Waals surface area contributed by atoms with Crippen LogP contribution in [0.15, 0.2) is 32.7 Å². The number of fused-ring (bicyclic) bond motifs is 3. The molecule has 128 valence electrons. The monoisotopic (exact) mass is 378 g/mol. The summed E-state index contributed by atoms with van der Waals surface area (Å²) in [6, 6.07) is 9.10. The van der Waals surface area contributed by atoms with Gasteiger partial charge in [-0.15, -0.1) is 22.7 Å². The van der Waals surface area contributed by atoms with E-state index in [1.54, 1.807) is 34.4 Å². The Labute approximate surface area is 155 Å². The first kappa shape index (κ1) is 16.6. The average Bonchev–Trinajstić information content (AvgIpc) is 3.21. The molecule has 5 rings (SSSR count). The zero-order chi connectivity index (χ0) is 16.7. The van der Waals surface area contributed by atoms with E-state index in [-0.39, 0.29) is 5.91 Å². The van der Waals surface area contributed by atoms with Gasteiger partial charge in [0.2, 0.25) is 0 Å². The molecule has 5 heterocycles. The highest BCUT2D eigenvalue weighted by atomic mass is 32.2. The van der Waals surface area contributed by atoms with Crippen LogP contribution >= 0.6 is 34.4 Å². The number of rotatable bonds is 4. The number of amides is 1. The van der Waals surface area contributed by atoms with Crippen LogP contribution in [0.1, 0.15) is 34.3 Å². The standard InChI is InChI=1S/C18H22N2OS3/c1-11-3-5-15(22-11)24-16-6-4-14(23-16)18(21)19-17-12(2)20-9-7-13(17)8-10-20/h3-6,12-13,17H,7-10H2,1-2H3,(H,19,21)/t12-,17+/m1/s1. The van der Waals surface area contributed by atoms with Gasteiger partial charge in [0.25, 0.3) is 5.91 Å². The van der Waals surface area contributed by atoms with Crippen molar-refractivity contribution in [1.29, 1.82) is 0 Å². The molecule has 0 unspecified atom stereocenters. The minimum Gasteiger partial charge on any atom is -0.347 e. The first-order valence-electron chi connectivity index (χ1n) is 8.49. The largest absolute Gasteiger partial charge is 0.347 e. The predicted molar refractivity (Wildman–Crippen MR) is 103 cm³/mol. The smallest absolute Gasteiger partial charge is 0.261 e. The Morgan fingerprint density at radius 3 is 2.54 bits per heavy atom. The number of aryl methyl sites for hydroxylation is 1. The molecule has 3 aliphatic rings. The molecule has 2 bridgehead atoms. The lowest BCUT2D eigenvalue weighted by atomic mass is 9.79. The molecule has 0 radical (unpaired) electrons. The number of hydrogen-bond acceptors (Lipinski definition) is 5. The van der Waals surface area contributed by atoms with Crippen LogP contribution in [0, 0.1) is 12.8 Å². The van der Waals surface area contributed by atoms with E-state index < -0.39 is 0 Å². The molecule has 3 fully saturated rings. The van der Waals surface area contributed by atoms with E-state index in [0.29, 0.717) is 18.0 Å². The van der Waals surface area contributed by atoms with E-state index in [1.807, 2.05) is 6.07 Å². The molecule has 1 N–H and O–H groups in total. The molecular weight excluding hydrogens is 356 g/mol. The molecule has 1 amide bonds. The molecule has 3 saturated heterocycles. The molecule has 2 atom stereocenters. The number of nitrogens with one attached hydrogen (secondary N) is 1. The number of carbonyl (C=O) groups excluding carboxylic acids is 1. The molecule has 2 aromatic heterocycles. The average molecular weight is 379 g/mol. The molecule has 3 nitrogen and oxygen atoms in total. The lowest BCUT2D eigenvalue weighted by Gasteiger charge is -2.49. The first-order chi connectivity index (χ1) is 11.6.